The van der Waals surface area contributed by atoms with Gasteiger partial charge in [-0.25, -0.2) is 40.3 Å². The van der Waals surface area contributed by atoms with Crippen LogP contribution in [0.4, 0.5) is 35.3 Å². The van der Waals surface area contributed by atoms with Crippen LogP contribution in [-0.2, 0) is 43.0 Å². The second kappa shape index (κ2) is 34.8. The first-order valence-corrected chi connectivity index (χ1v) is 31.5. The molecule has 8 rings (SSSR count). The number of hydrogen-bond donors (Lipinski definition) is 11. The fourth-order valence-corrected chi connectivity index (χ4v) is 9.96. The number of para-hydroxylation sites is 2. The Morgan fingerprint density at radius 1 is 0.418 bits per heavy atom. The zero-order valence-electron chi connectivity index (χ0n) is 56.6. The van der Waals surface area contributed by atoms with Crippen LogP contribution in [0.2, 0.25) is 0 Å². The molecule has 6 aromatic rings. The Labute approximate surface area is 568 Å². The van der Waals surface area contributed by atoms with Crippen LogP contribution in [0.5, 0.6) is 0 Å². The summed E-state index contributed by atoms with van der Waals surface area (Å²) >= 11 is 0. The highest BCUT2D eigenvalue weighted by Gasteiger charge is 2.32. The topological polar surface area (TPSA) is 362 Å². The third-order valence-electron chi connectivity index (χ3n) is 14.3. The quantitative estimate of drug-likeness (QED) is 0.0249. The first-order valence-electron chi connectivity index (χ1n) is 31.5. The van der Waals surface area contributed by atoms with Gasteiger partial charge in [0.2, 0.25) is 0 Å². The summed E-state index contributed by atoms with van der Waals surface area (Å²) in [5.74, 6) is -5.71. The number of nitrogens with one attached hydrogen (secondary N) is 10. The molecule has 0 aromatic heterocycles. The third-order valence-corrected chi connectivity index (χ3v) is 14.3. The molecule has 12 amide bonds. The van der Waals surface area contributed by atoms with E-state index in [0.717, 1.165) is 44.5 Å². The number of amides is 12. The van der Waals surface area contributed by atoms with Crippen LogP contribution < -0.4 is 63.4 Å². The monoisotopic (exact) mass is 1350 g/mol. The van der Waals surface area contributed by atoms with Crippen molar-refractivity contribution in [3.63, 3.8) is 0 Å². The van der Waals surface area contributed by atoms with Gasteiger partial charge in [0.15, 0.2) is 0 Å². The number of carbonyl (C=O) groups is 11. The molecule has 2 atom stereocenters. The number of hydrazine groups is 2. The van der Waals surface area contributed by atoms with Gasteiger partial charge in [0.25, 0.3) is 5.91 Å². The molecule has 27 nitrogen and oxygen atoms in total. The molecule has 0 unspecified atom stereocenters. The van der Waals surface area contributed by atoms with Gasteiger partial charge in [0.05, 0.1) is 0 Å². The molecule has 0 radical (unpaired) electrons. The van der Waals surface area contributed by atoms with Crippen LogP contribution in [-0.4, -0.2) is 139 Å². The van der Waals surface area contributed by atoms with Crippen molar-refractivity contribution in [1.82, 2.24) is 53.6 Å². The van der Waals surface area contributed by atoms with E-state index >= 15 is 0 Å². The number of aliphatic carboxylic acids is 1. The fourth-order valence-electron chi connectivity index (χ4n) is 9.96. The van der Waals surface area contributed by atoms with Crippen LogP contribution in [0.15, 0.2) is 158 Å². The maximum Gasteiger partial charge on any atom is 0.426 e. The minimum absolute atomic E-state index is 0.0429. The maximum absolute atomic E-state index is 13.1. The molecule has 2 aliphatic rings. The number of fused-ring (bicyclic) bond motifs is 6. The van der Waals surface area contributed by atoms with E-state index in [9.17, 15) is 52.7 Å². The lowest BCUT2D eigenvalue weighted by molar-refractivity contribution is -0.144. The molecule has 0 heterocycles. The zero-order valence-corrected chi connectivity index (χ0v) is 56.6. The normalized spacial score (nSPS) is 12.4. The molecule has 11 N–H and O–H groups in total. The molecule has 6 aromatic carbocycles. The molecular formula is C71H86N12O15. The van der Waals surface area contributed by atoms with Crippen LogP contribution in [0.25, 0.3) is 22.3 Å². The largest absolute Gasteiger partial charge is 0.480 e. The Balaban J connectivity index is 0.000000259. The Morgan fingerprint density at radius 2 is 0.745 bits per heavy atom. The standard InChI is InChI=1S/C33H38N6O6.C29H32N4O5.C9H16N2O4/c1-21(35-29(41)30(42)36-33(2,3)4)28(40)37-38-31(43)39(22-12-6-5-7-13-22)19-18-34-32(44)45-20-27-25-16-10-8-14-23(25)24-15-9-11-17-26(24)27;1-29(2,3)38-28(36)32-31-26(34)33(20-11-5-4-6-12-20)18-17-30-27(35)37-19-25-23-15-9-7-13-21(23)22-14-8-10-16-24(22)25;1-5(8(14)15)10-6(12)7(13)11-9(2,3)4/h5-17,21,27H,18-20H2,1-4H3,(H,34,44)(H,35,41)(H,36,42)(H,37,40)(H,38,43);4-16,25H,17-19H2,1-3H3,(H,30,35)(H,31,34)(H,32,36);5H,1-4H3,(H,10,12)(H,11,13)(H,14,15)/t21-;;5-/m0.0/s1. The number of nitrogens with zero attached hydrogens (tertiary/aromatic N) is 2. The minimum atomic E-state index is -1.19. The number of hydrogen-bond acceptors (Lipinski definition) is 14. The average molecular weight is 1350 g/mol. The van der Waals surface area contributed by atoms with Crippen molar-refractivity contribution >= 4 is 77.2 Å². The molecule has 98 heavy (non-hydrogen) atoms. The molecule has 27 heteroatoms. The summed E-state index contributed by atoms with van der Waals surface area (Å²) in [6.07, 6.45) is -1.98. The highest BCUT2D eigenvalue weighted by atomic mass is 16.6. The second-order valence-electron chi connectivity index (χ2n) is 25.6. The lowest BCUT2D eigenvalue weighted by atomic mass is 9.98. The Bertz CT molecular complexity index is 3720. The highest BCUT2D eigenvalue weighted by Crippen LogP contribution is 2.46. The van der Waals surface area contributed by atoms with Crippen molar-refractivity contribution in [1.29, 1.82) is 0 Å². The van der Waals surface area contributed by atoms with Gasteiger partial charge in [0, 0.05) is 60.5 Å². The first kappa shape index (κ1) is 75.5. The van der Waals surface area contributed by atoms with E-state index in [4.69, 9.17) is 19.3 Å². The molecule has 0 saturated carbocycles. The summed E-state index contributed by atoms with van der Waals surface area (Å²) in [5, 5.41) is 23.2. The molecule has 0 saturated heterocycles. The van der Waals surface area contributed by atoms with Gasteiger partial charge in [-0.2, -0.15) is 0 Å². The molecule has 0 aliphatic heterocycles. The van der Waals surface area contributed by atoms with Gasteiger partial charge in [0.1, 0.15) is 30.9 Å². The van der Waals surface area contributed by atoms with Crippen LogP contribution in [0.1, 0.15) is 110 Å². The summed E-state index contributed by atoms with van der Waals surface area (Å²) in [7, 11) is 0. The van der Waals surface area contributed by atoms with E-state index in [0.29, 0.717) is 11.4 Å². The average Bonchev–Trinajstić information content (AvgIpc) is 1.63. The summed E-state index contributed by atoms with van der Waals surface area (Å²) < 4.78 is 16.3. The smallest absolute Gasteiger partial charge is 0.426 e. The number of benzene rings is 6. The number of carbonyl (C=O) groups excluding carboxylic acids is 10. The van der Waals surface area contributed by atoms with Gasteiger partial charge < -0.3 is 51.2 Å². The van der Waals surface area contributed by atoms with Gasteiger partial charge in [-0.05, 0) is 145 Å². The Morgan fingerprint density at radius 3 is 1.08 bits per heavy atom. The molecule has 0 spiro atoms. The number of alkyl carbamates (subject to hydrolysis) is 2. The summed E-state index contributed by atoms with van der Waals surface area (Å²) in [4.78, 5) is 135. The lowest BCUT2D eigenvalue weighted by Crippen LogP contribution is -2.57. The SMILES string of the molecule is CC(C)(C)OC(=O)NNC(=O)N(CCNC(=O)OCC1c2ccccc2-c2ccccc21)c1ccccc1.C[C@H](NC(=O)C(=O)NC(C)(C)C)C(=O)NNC(=O)N(CCNC(=O)OCC1c2ccccc2-c2ccccc21)c1ccccc1.C[C@H](NC(=O)C(=O)NC(C)(C)C)C(=O)O. The molecular weight excluding hydrogens is 1260 g/mol. The highest BCUT2D eigenvalue weighted by molar-refractivity contribution is 6.36. The van der Waals surface area contributed by atoms with E-state index in [2.05, 4.69) is 90.0 Å². The van der Waals surface area contributed by atoms with Gasteiger partial charge >= 0.3 is 59.9 Å². The van der Waals surface area contributed by atoms with Crippen molar-refractivity contribution in [2.45, 2.75) is 117 Å². The Hall–Kier alpha value is -11.5. The van der Waals surface area contributed by atoms with E-state index in [1.807, 2.05) is 66.7 Å². The number of rotatable bonds is 16. The maximum atomic E-state index is 13.1. The Kier molecular flexibility index (Phi) is 26.8. The predicted octanol–water partition coefficient (Wildman–Crippen LogP) is 7.86. The third kappa shape index (κ3) is 23.2. The van der Waals surface area contributed by atoms with E-state index in [-0.39, 0.29) is 51.2 Å². The van der Waals surface area contributed by atoms with Crippen LogP contribution in [0, 0.1) is 0 Å². The van der Waals surface area contributed by atoms with E-state index in [1.165, 1.54) is 23.6 Å². The van der Waals surface area contributed by atoms with Crippen molar-refractivity contribution in [3.05, 3.63) is 180 Å². The van der Waals surface area contributed by atoms with Gasteiger partial charge in [-0.3, -0.25) is 44.0 Å². The number of anilines is 2. The summed E-state index contributed by atoms with van der Waals surface area (Å²) in [6.45, 7) is 18.9. The number of ether oxygens (including phenoxy) is 3. The number of carboxylic acid groups (broad SMARTS) is 1. The van der Waals surface area contributed by atoms with Gasteiger partial charge in [-0.1, -0.05) is 133 Å². The number of urea groups is 2. The predicted molar refractivity (Wildman–Crippen MR) is 367 cm³/mol. The molecule has 2 aliphatic carbocycles. The van der Waals surface area contributed by atoms with Crippen LogP contribution in [0.3, 0.4) is 0 Å². The molecule has 520 valence electrons. The minimum Gasteiger partial charge on any atom is -0.480 e. The van der Waals surface area contributed by atoms with Crippen molar-refractivity contribution in [2.24, 2.45) is 0 Å². The zero-order chi connectivity index (χ0) is 71.9. The first-order chi connectivity index (χ1) is 46.3. The summed E-state index contributed by atoms with van der Waals surface area (Å²) in [6, 6.07) is 46.4. The van der Waals surface area contributed by atoms with Crippen molar-refractivity contribution in [2.75, 3.05) is 49.2 Å². The fraction of sp³-hybridized carbons (Fsp3) is 0.338. The van der Waals surface area contributed by atoms with Crippen LogP contribution >= 0.6 is 0 Å². The van der Waals surface area contributed by atoms with Crippen molar-refractivity contribution in [3.8, 4) is 22.3 Å². The van der Waals surface area contributed by atoms with Crippen molar-refractivity contribution < 1.29 is 72.1 Å². The summed E-state index contributed by atoms with van der Waals surface area (Å²) in [5.41, 5.74) is 17.4. The number of carboxylic acids is 1. The van der Waals surface area contributed by atoms with Gasteiger partial charge in [-0.15, -0.1) is 0 Å². The molecule has 0 bridgehead atoms. The van der Waals surface area contributed by atoms with E-state index < -0.39 is 94.6 Å². The van der Waals surface area contributed by atoms with E-state index in [1.54, 1.807) is 117 Å². The lowest BCUT2D eigenvalue weighted by Gasteiger charge is -2.24. The second-order valence-corrected chi connectivity index (χ2v) is 25.6. The molecule has 0 fully saturated rings.